The van der Waals surface area contributed by atoms with Crippen molar-refractivity contribution in [3.05, 3.63) is 137 Å². The van der Waals surface area contributed by atoms with Gasteiger partial charge in [0, 0.05) is 24.7 Å². The average molecular weight is 476 g/mol. The summed E-state index contributed by atoms with van der Waals surface area (Å²) in [5, 5.41) is 0. The fourth-order valence-corrected chi connectivity index (χ4v) is 4.42. The van der Waals surface area contributed by atoms with Crippen molar-refractivity contribution in [3.63, 3.8) is 0 Å². The van der Waals surface area contributed by atoms with E-state index in [9.17, 15) is 4.79 Å². The lowest BCUT2D eigenvalue weighted by atomic mass is 10.0. The van der Waals surface area contributed by atoms with Crippen molar-refractivity contribution < 1.29 is 14.3 Å². The van der Waals surface area contributed by atoms with E-state index >= 15 is 0 Å². The van der Waals surface area contributed by atoms with E-state index in [1.807, 2.05) is 96.8 Å². The molecule has 0 atom stereocenters. The first kappa shape index (κ1) is 23.4. The van der Waals surface area contributed by atoms with Crippen LogP contribution in [-0.4, -0.2) is 10.8 Å². The second-order valence-corrected chi connectivity index (χ2v) is 9.10. The maximum atomic E-state index is 13.8. The van der Waals surface area contributed by atoms with Gasteiger partial charge in [-0.3, -0.25) is 4.79 Å². The fourth-order valence-electron chi connectivity index (χ4n) is 4.42. The number of allylic oxidation sites excluding steroid dienone is 1. The molecule has 180 valence electrons. The zero-order chi connectivity index (χ0) is 24.9. The lowest BCUT2D eigenvalue weighted by Crippen LogP contribution is -2.26. The van der Waals surface area contributed by atoms with E-state index in [-0.39, 0.29) is 5.91 Å². The summed E-state index contributed by atoms with van der Waals surface area (Å²) in [5.74, 6) is 1.09. The van der Waals surface area contributed by atoms with Crippen LogP contribution in [0.15, 0.2) is 104 Å². The molecule has 4 aromatic rings. The number of amides is 1. The molecule has 0 bridgehead atoms. The number of hydrogen-bond acceptors (Lipinski definition) is 3. The molecule has 0 spiro atoms. The molecule has 5 rings (SSSR count). The van der Waals surface area contributed by atoms with Crippen LogP contribution in [0.5, 0.6) is 11.5 Å². The summed E-state index contributed by atoms with van der Waals surface area (Å²) in [6, 6.07) is 31.8. The first-order valence-corrected chi connectivity index (χ1v) is 12.1. The molecule has 4 aromatic carbocycles. The van der Waals surface area contributed by atoms with E-state index < -0.39 is 0 Å². The van der Waals surface area contributed by atoms with Crippen LogP contribution in [0, 0.1) is 0 Å². The third-order valence-electron chi connectivity index (χ3n) is 6.37. The van der Waals surface area contributed by atoms with E-state index in [4.69, 9.17) is 9.47 Å². The predicted octanol–water partition coefficient (Wildman–Crippen LogP) is 7.03. The van der Waals surface area contributed by atoms with Gasteiger partial charge in [-0.2, -0.15) is 0 Å². The molecule has 1 aliphatic heterocycles. The van der Waals surface area contributed by atoms with E-state index in [1.54, 1.807) is 0 Å². The summed E-state index contributed by atoms with van der Waals surface area (Å²) in [6.07, 6.45) is 0. The standard InChI is InChI=1S/C32H29NO3/c1-23(2)28-17-29(32(34)33-19-26-15-9-10-16-27(26)20-33)31(36-22-25-13-7-4-8-14-25)18-30(28)35-21-24-11-5-3-6-12-24/h3-18H,1,19-22H2,2H3. The number of hydrogen-bond donors (Lipinski definition) is 0. The zero-order valence-corrected chi connectivity index (χ0v) is 20.4. The van der Waals surface area contributed by atoms with Gasteiger partial charge in [-0.1, -0.05) is 91.5 Å². The molecule has 4 heteroatoms. The molecule has 0 aromatic heterocycles. The summed E-state index contributed by atoms with van der Waals surface area (Å²) in [6.45, 7) is 8.01. The number of benzene rings is 4. The Morgan fingerprint density at radius 3 is 1.69 bits per heavy atom. The zero-order valence-electron chi connectivity index (χ0n) is 20.4. The van der Waals surface area contributed by atoms with Crippen LogP contribution in [-0.2, 0) is 26.3 Å². The largest absolute Gasteiger partial charge is 0.488 e. The second kappa shape index (κ2) is 10.5. The molecule has 1 amide bonds. The van der Waals surface area contributed by atoms with Crippen molar-refractivity contribution in [2.45, 2.75) is 33.2 Å². The Morgan fingerprint density at radius 1 is 0.722 bits per heavy atom. The third-order valence-corrected chi connectivity index (χ3v) is 6.37. The lowest BCUT2D eigenvalue weighted by Gasteiger charge is -2.21. The van der Waals surface area contributed by atoms with Crippen molar-refractivity contribution >= 4 is 11.5 Å². The summed E-state index contributed by atoms with van der Waals surface area (Å²) < 4.78 is 12.5. The fraction of sp³-hybridized carbons (Fsp3) is 0.156. The minimum Gasteiger partial charge on any atom is -0.488 e. The molecule has 36 heavy (non-hydrogen) atoms. The Hall–Kier alpha value is -4.31. The molecular weight excluding hydrogens is 446 g/mol. The normalized spacial score (nSPS) is 12.2. The quantitative estimate of drug-likeness (QED) is 0.274. The summed E-state index contributed by atoms with van der Waals surface area (Å²) in [7, 11) is 0. The molecule has 0 saturated carbocycles. The molecule has 1 heterocycles. The monoisotopic (exact) mass is 475 g/mol. The summed E-state index contributed by atoms with van der Waals surface area (Å²) in [5.41, 5.74) is 6.60. The van der Waals surface area contributed by atoms with E-state index in [0.717, 1.165) is 22.3 Å². The van der Waals surface area contributed by atoms with Gasteiger partial charge in [0.15, 0.2) is 0 Å². The summed E-state index contributed by atoms with van der Waals surface area (Å²) in [4.78, 5) is 15.7. The summed E-state index contributed by atoms with van der Waals surface area (Å²) >= 11 is 0. The molecule has 4 nitrogen and oxygen atoms in total. The van der Waals surface area contributed by atoms with Gasteiger partial charge in [0.25, 0.3) is 5.91 Å². The SMILES string of the molecule is C=C(C)c1cc(C(=O)N2Cc3ccccc3C2)c(OCc2ccccc2)cc1OCc1ccccc1. The van der Waals surface area contributed by atoms with Crippen molar-refractivity contribution in [2.75, 3.05) is 0 Å². The highest BCUT2D eigenvalue weighted by molar-refractivity contribution is 5.98. The molecule has 0 saturated heterocycles. The Bertz CT molecular complexity index is 1350. The van der Waals surface area contributed by atoms with Gasteiger partial charge in [0.05, 0.1) is 5.56 Å². The molecular formula is C32H29NO3. The topological polar surface area (TPSA) is 38.8 Å². The molecule has 0 aliphatic carbocycles. The second-order valence-electron chi connectivity index (χ2n) is 9.10. The molecule has 0 radical (unpaired) electrons. The van der Waals surface area contributed by atoms with Crippen molar-refractivity contribution in [2.24, 2.45) is 0 Å². The first-order valence-electron chi connectivity index (χ1n) is 12.1. The highest BCUT2D eigenvalue weighted by atomic mass is 16.5. The van der Waals surface area contributed by atoms with Gasteiger partial charge >= 0.3 is 0 Å². The Balaban J connectivity index is 1.48. The third kappa shape index (κ3) is 5.18. The molecule has 0 unspecified atom stereocenters. The van der Waals surface area contributed by atoms with Crippen molar-refractivity contribution in [1.29, 1.82) is 0 Å². The van der Waals surface area contributed by atoms with Gasteiger partial charge in [0.2, 0.25) is 0 Å². The van der Waals surface area contributed by atoms with E-state index in [0.29, 0.717) is 43.4 Å². The number of carbonyl (C=O) groups is 1. The predicted molar refractivity (Wildman–Crippen MR) is 143 cm³/mol. The van der Waals surface area contributed by atoms with Crippen LogP contribution in [0.1, 0.15) is 45.1 Å². The van der Waals surface area contributed by atoms with Gasteiger partial charge in [-0.05, 0) is 40.8 Å². The smallest absolute Gasteiger partial charge is 0.258 e. The van der Waals surface area contributed by atoms with Crippen LogP contribution < -0.4 is 9.47 Å². The van der Waals surface area contributed by atoms with Crippen molar-refractivity contribution in [3.8, 4) is 11.5 Å². The lowest BCUT2D eigenvalue weighted by molar-refractivity contribution is 0.0746. The minimum atomic E-state index is -0.0635. The van der Waals surface area contributed by atoms with Crippen molar-refractivity contribution in [1.82, 2.24) is 4.90 Å². The molecule has 0 N–H and O–H groups in total. The number of fused-ring (bicyclic) bond motifs is 1. The van der Waals surface area contributed by atoms with Gasteiger partial charge in [-0.25, -0.2) is 0 Å². The van der Waals surface area contributed by atoms with E-state index in [2.05, 4.69) is 18.7 Å². The average Bonchev–Trinajstić information content (AvgIpc) is 3.36. The first-order chi connectivity index (χ1) is 17.6. The number of ether oxygens (including phenoxy) is 2. The molecule has 1 aliphatic rings. The number of rotatable bonds is 8. The van der Waals surface area contributed by atoms with Crippen LogP contribution in [0.2, 0.25) is 0 Å². The highest BCUT2D eigenvalue weighted by Gasteiger charge is 2.27. The van der Waals surface area contributed by atoms with Gasteiger partial charge in [0.1, 0.15) is 24.7 Å². The van der Waals surface area contributed by atoms with Crippen LogP contribution >= 0.6 is 0 Å². The van der Waals surface area contributed by atoms with Crippen LogP contribution in [0.25, 0.3) is 5.57 Å². The number of nitrogens with zero attached hydrogens (tertiary/aromatic N) is 1. The Kier molecular flexibility index (Phi) is 6.85. The highest BCUT2D eigenvalue weighted by Crippen LogP contribution is 2.36. The van der Waals surface area contributed by atoms with Gasteiger partial charge < -0.3 is 14.4 Å². The maximum Gasteiger partial charge on any atom is 0.258 e. The van der Waals surface area contributed by atoms with Gasteiger partial charge in [-0.15, -0.1) is 0 Å². The minimum absolute atomic E-state index is 0.0635. The maximum absolute atomic E-state index is 13.8. The Labute approximate surface area is 212 Å². The van der Waals surface area contributed by atoms with Crippen LogP contribution in [0.4, 0.5) is 0 Å². The molecule has 0 fully saturated rings. The van der Waals surface area contributed by atoms with Crippen LogP contribution in [0.3, 0.4) is 0 Å². The number of carbonyl (C=O) groups excluding carboxylic acids is 1. The van der Waals surface area contributed by atoms with E-state index in [1.165, 1.54) is 11.1 Å². The Morgan fingerprint density at radius 2 is 1.19 bits per heavy atom.